The van der Waals surface area contributed by atoms with Gasteiger partial charge in [-0.1, -0.05) is 41.7 Å². The Bertz CT molecular complexity index is 1560. The predicted molar refractivity (Wildman–Crippen MR) is 138 cm³/mol. The Balaban J connectivity index is 1.52. The number of Topliss-reactive ketones (excluding diaryl/α,β-unsaturated/α-hetero) is 1. The lowest BCUT2D eigenvalue weighted by Gasteiger charge is -2.23. The van der Waals surface area contributed by atoms with Crippen molar-refractivity contribution in [3.05, 3.63) is 89.0 Å². The number of amides is 1. The molecule has 0 aliphatic carbocycles. The Labute approximate surface area is 211 Å². The minimum Gasteiger partial charge on any atom is -0.507 e. The van der Waals surface area contributed by atoms with Crippen LogP contribution in [-0.4, -0.2) is 35.0 Å². The van der Waals surface area contributed by atoms with Crippen molar-refractivity contribution in [1.29, 1.82) is 0 Å². The quantitative estimate of drug-likeness (QED) is 0.235. The minimum absolute atomic E-state index is 0.0370. The van der Waals surface area contributed by atoms with E-state index in [4.69, 9.17) is 9.47 Å². The highest BCUT2D eigenvalue weighted by atomic mass is 32.1. The third kappa shape index (κ3) is 3.53. The summed E-state index contributed by atoms with van der Waals surface area (Å²) in [6, 6.07) is 19.2. The summed E-state index contributed by atoms with van der Waals surface area (Å²) in [7, 11) is 1.59. The number of aliphatic hydroxyl groups is 1. The summed E-state index contributed by atoms with van der Waals surface area (Å²) in [4.78, 5) is 32.9. The monoisotopic (exact) mass is 498 g/mol. The summed E-state index contributed by atoms with van der Waals surface area (Å²) in [5.41, 5.74) is 2.86. The van der Waals surface area contributed by atoms with Crippen LogP contribution in [-0.2, 0) is 16.0 Å². The summed E-state index contributed by atoms with van der Waals surface area (Å²) in [5, 5.41) is 11.8. The van der Waals surface area contributed by atoms with E-state index in [0.29, 0.717) is 33.9 Å². The summed E-state index contributed by atoms with van der Waals surface area (Å²) < 4.78 is 11.9. The van der Waals surface area contributed by atoms with Gasteiger partial charge in [0.15, 0.2) is 5.13 Å². The molecule has 7 nitrogen and oxygen atoms in total. The second-order valence-corrected chi connectivity index (χ2v) is 9.87. The molecule has 0 bridgehead atoms. The van der Waals surface area contributed by atoms with Gasteiger partial charge in [0, 0.05) is 12.0 Å². The van der Waals surface area contributed by atoms with Crippen molar-refractivity contribution in [3.8, 4) is 11.5 Å². The number of benzene rings is 3. The number of anilines is 1. The van der Waals surface area contributed by atoms with Crippen LogP contribution in [0.3, 0.4) is 0 Å². The van der Waals surface area contributed by atoms with Crippen molar-refractivity contribution in [1.82, 2.24) is 4.98 Å². The van der Waals surface area contributed by atoms with Gasteiger partial charge < -0.3 is 14.6 Å². The van der Waals surface area contributed by atoms with Crippen LogP contribution < -0.4 is 14.4 Å². The van der Waals surface area contributed by atoms with Crippen LogP contribution in [0.4, 0.5) is 5.13 Å². The molecule has 3 aromatic carbocycles. The number of nitrogens with zero attached hydrogens (tertiary/aromatic N) is 2. The van der Waals surface area contributed by atoms with Crippen molar-refractivity contribution < 1.29 is 24.2 Å². The topological polar surface area (TPSA) is 89.0 Å². The number of rotatable bonds is 4. The zero-order valence-electron chi connectivity index (χ0n) is 19.6. The van der Waals surface area contributed by atoms with Gasteiger partial charge in [0.25, 0.3) is 5.78 Å². The maximum absolute atomic E-state index is 13.4. The molecule has 1 N–H and O–H groups in total. The first kappa shape index (κ1) is 22.3. The molecule has 1 fully saturated rings. The fourth-order valence-electron chi connectivity index (χ4n) is 4.83. The number of aromatic nitrogens is 1. The third-order valence-corrected chi connectivity index (χ3v) is 7.54. The highest BCUT2D eigenvalue weighted by Crippen LogP contribution is 2.45. The van der Waals surface area contributed by atoms with Crippen LogP contribution in [0.25, 0.3) is 16.0 Å². The van der Waals surface area contributed by atoms with E-state index in [9.17, 15) is 14.7 Å². The van der Waals surface area contributed by atoms with Gasteiger partial charge in [-0.25, -0.2) is 4.98 Å². The molecule has 0 saturated carbocycles. The average molecular weight is 499 g/mol. The number of methoxy groups -OCH3 is 1. The first-order valence-electron chi connectivity index (χ1n) is 11.5. The van der Waals surface area contributed by atoms with Gasteiger partial charge in [0.2, 0.25) is 0 Å². The summed E-state index contributed by atoms with van der Waals surface area (Å²) in [5.74, 6) is -0.244. The van der Waals surface area contributed by atoms with Gasteiger partial charge in [-0.3, -0.25) is 14.5 Å². The molecular formula is C28H22N2O5S. The number of aliphatic hydroxyl groups excluding tert-OH is 1. The summed E-state index contributed by atoms with van der Waals surface area (Å²) in [6.45, 7) is 1.98. The zero-order valence-corrected chi connectivity index (χ0v) is 20.4. The molecule has 1 amide bonds. The van der Waals surface area contributed by atoms with Crippen molar-refractivity contribution in [2.24, 2.45) is 0 Å². The fraction of sp³-hybridized carbons (Fsp3) is 0.179. The number of hydrogen-bond donors (Lipinski definition) is 1. The van der Waals surface area contributed by atoms with Gasteiger partial charge in [-0.05, 0) is 54.4 Å². The molecule has 36 heavy (non-hydrogen) atoms. The van der Waals surface area contributed by atoms with Crippen LogP contribution in [0.1, 0.15) is 29.7 Å². The zero-order chi connectivity index (χ0) is 25.0. The van der Waals surface area contributed by atoms with E-state index in [1.807, 2.05) is 55.5 Å². The SMILES string of the molecule is COc1ccc2nc(N3C(=O)C(=O)C(=C(O)c4ccc5c(c4)C[C@@H](C)O5)[C@@H]3c3ccccc3)sc2c1. The van der Waals surface area contributed by atoms with E-state index in [1.54, 1.807) is 25.3 Å². The highest BCUT2D eigenvalue weighted by Gasteiger charge is 2.48. The predicted octanol–water partition coefficient (Wildman–Crippen LogP) is 5.25. The number of carbonyl (C=O) groups excluding carboxylic acids is 2. The second-order valence-electron chi connectivity index (χ2n) is 8.86. The van der Waals surface area contributed by atoms with Gasteiger partial charge >= 0.3 is 5.91 Å². The largest absolute Gasteiger partial charge is 0.507 e. The maximum Gasteiger partial charge on any atom is 0.301 e. The number of fused-ring (bicyclic) bond motifs is 2. The molecule has 1 aromatic heterocycles. The van der Waals surface area contributed by atoms with Crippen LogP contribution in [0.2, 0.25) is 0 Å². The Kier molecular flexibility index (Phi) is 5.26. The van der Waals surface area contributed by atoms with E-state index in [-0.39, 0.29) is 17.4 Å². The Morgan fingerprint density at radius 2 is 1.92 bits per heavy atom. The summed E-state index contributed by atoms with van der Waals surface area (Å²) >= 11 is 1.30. The van der Waals surface area contributed by atoms with E-state index in [1.165, 1.54) is 16.2 Å². The Morgan fingerprint density at radius 1 is 1.11 bits per heavy atom. The lowest BCUT2D eigenvalue weighted by molar-refractivity contribution is -0.132. The lowest BCUT2D eigenvalue weighted by atomic mass is 9.94. The van der Waals surface area contributed by atoms with E-state index in [0.717, 1.165) is 16.0 Å². The second kappa shape index (κ2) is 8.49. The van der Waals surface area contributed by atoms with E-state index >= 15 is 0 Å². The number of ether oxygens (including phenoxy) is 2. The molecule has 3 heterocycles. The standard InChI is InChI=1S/C28H22N2O5S/c1-15-12-18-13-17(8-11-21(18)35-15)25(31)23-24(16-6-4-3-5-7-16)30(27(33)26(23)32)28-29-20-10-9-19(34-2)14-22(20)36-28/h3-11,13-15,24,31H,12H2,1-2H3/t15-,24+/m1/s1. The molecular weight excluding hydrogens is 476 g/mol. The summed E-state index contributed by atoms with van der Waals surface area (Å²) in [6.07, 6.45) is 0.757. The van der Waals surface area contributed by atoms with Crippen molar-refractivity contribution in [2.45, 2.75) is 25.5 Å². The lowest BCUT2D eigenvalue weighted by Crippen LogP contribution is -2.29. The maximum atomic E-state index is 13.4. The van der Waals surface area contributed by atoms with Crippen LogP contribution in [0.5, 0.6) is 11.5 Å². The van der Waals surface area contributed by atoms with Gasteiger partial charge in [0.1, 0.15) is 23.4 Å². The van der Waals surface area contributed by atoms with Crippen LogP contribution in [0, 0.1) is 0 Å². The first-order chi connectivity index (χ1) is 17.4. The van der Waals surface area contributed by atoms with E-state index < -0.39 is 17.7 Å². The van der Waals surface area contributed by atoms with Gasteiger partial charge in [0.05, 0.1) is 28.9 Å². The Hall–Kier alpha value is -4.17. The average Bonchev–Trinajstić information content (AvgIpc) is 3.55. The van der Waals surface area contributed by atoms with E-state index in [2.05, 4.69) is 4.98 Å². The van der Waals surface area contributed by atoms with Crippen molar-refractivity contribution >= 4 is 44.1 Å². The van der Waals surface area contributed by atoms with Gasteiger partial charge in [-0.15, -0.1) is 0 Å². The van der Waals surface area contributed by atoms with Crippen molar-refractivity contribution in [2.75, 3.05) is 12.0 Å². The number of ketones is 1. The number of carbonyl (C=O) groups is 2. The van der Waals surface area contributed by atoms with Crippen LogP contribution in [0.15, 0.2) is 72.3 Å². The molecule has 0 spiro atoms. The molecule has 1 saturated heterocycles. The van der Waals surface area contributed by atoms with Crippen LogP contribution >= 0.6 is 11.3 Å². The smallest absolute Gasteiger partial charge is 0.301 e. The first-order valence-corrected chi connectivity index (χ1v) is 12.4. The molecule has 4 aromatic rings. The number of thiazole rings is 1. The molecule has 180 valence electrons. The van der Waals surface area contributed by atoms with Gasteiger partial charge in [-0.2, -0.15) is 0 Å². The highest BCUT2D eigenvalue weighted by molar-refractivity contribution is 7.22. The van der Waals surface area contributed by atoms with Crippen molar-refractivity contribution in [3.63, 3.8) is 0 Å². The molecule has 6 rings (SSSR count). The third-order valence-electron chi connectivity index (χ3n) is 6.52. The molecule has 0 radical (unpaired) electrons. The number of hydrogen-bond acceptors (Lipinski definition) is 7. The normalized spacial score (nSPS) is 20.6. The molecule has 2 aliphatic rings. The molecule has 8 heteroatoms. The molecule has 0 unspecified atom stereocenters. The molecule has 2 aliphatic heterocycles. The molecule has 2 atom stereocenters. The minimum atomic E-state index is -0.822. The Morgan fingerprint density at radius 3 is 2.69 bits per heavy atom. The fourth-order valence-corrected chi connectivity index (χ4v) is 5.85.